The van der Waals surface area contributed by atoms with Gasteiger partial charge in [-0.1, -0.05) is 0 Å². The van der Waals surface area contributed by atoms with Crippen LogP contribution in [0.1, 0.15) is 13.3 Å². The molecule has 0 aromatic heterocycles. The summed E-state index contributed by atoms with van der Waals surface area (Å²) in [6.07, 6.45) is 1.04. The Hall–Kier alpha value is -0.770. The minimum Gasteiger partial charge on any atom is -0.469 e. The van der Waals surface area contributed by atoms with Gasteiger partial charge in [-0.25, -0.2) is 4.99 Å². The second-order valence-electron chi connectivity index (χ2n) is 2.38. The van der Waals surface area contributed by atoms with Gasteiger partial charge < -0.3 is 15.4 Å². The second kappa shape index (κ2) is 8.33. The highest BCUT2D eigenvalue weighted by Gasteiger charge is 1.92. The summed E-state index contributed by atoms with van der Waals surface area (Å²) in [4.78, 5) is 4.21. The predicted octanol–water partition coefficient (Wildman–Crippen LogP) is 0.208. The Kier molecular flexibility index (Phi) is 7.79. The molecule has 0 heterocycles. The highest BCUT2D eigenvalue weighted by Crippen LogP contribution is 1.81. The van der Waals surface area contributed by atoms with Gasteiger partial charge in [0, 0.05) is 13.1 Å². The van der Waals surface area contributed by atoms with Crippen LogP contribution in [-0.2, 0) is 4.74 Å². The van der Waals surface area contributed by atoms with Gasteiger partial charge in [-0.3, -0.25) is 0 Å². The van der Waals surface area contributed by atoms with Crippen molar-refractivity contribution in [2.24, 2.45) is 4.99 Å². The molecular formula is C8H19N3O. The molecule has 0 radical (unpaired) electrons. The van der Waals surface area contributed by atoms with Crippen LogP contribution < -0.4 is 10.6 Å². The molecule has 0 amide bonds. The molecule has 4 heteroatoms. The fraction of sp³-hybridized carbons (Fsp3) is 0.875. The summed E-state index contributed by atoms with van der Waals surface area (Å²) >= 11 is 0. The number of amidine groups is 1. The Morgan fingerprint density at radius 1 is 1.50 bits per heavy atom. The molecule has 72 valence electrons. The van der Waals surface area contributed by atoms with Crippen molar-refractivity contribution in [2.45, 2.75) is 13.3 Å². The van der Waals surface area contributed by atoms with E-state index in [1.54, 1.807) is 7.11 Å². The van der Waals surface area contributed by atoms with Crippen molar-refractivity contribution in [1.82, 2.24) is 10.6 Å². The first-order valence-corrected chi connectivity index (χ1v) is 4.32. The van der Waals surface area contributed by atoms with Crippen LogP contribution in [0.5, 0.6) is 0 Å². The lowest BCUT2D eigenvalue weighted by atomic mass is 10.4. The van der Waals surface area contributed by atoms with Crippen molar-refractivity contribution < 1.29 is 4.74 Å². The third kappa shape index (κ3) is 5.97. The van der Waals surface area contributed by atoms with Gasteiger partial charge in [0.2, 0.25) is 0 Å². The van der Waals surface area contributed by atoms with E-state index < -0.39 is 0 Å². The molecule has 0 bridgehead atoms. The number of rotatable bonds is 5. The minimum absolute atomic E-state index is 0.633. The highest BCUT2D eigenvalue weighted by molar-refractivity contribution is 5.73. The maximum Gasteiger partial charge on any atom is 0.284 e. The van der Waals surface area contributed by atoms with Crippen LogP contribution in [-0.4, -0.2) is 39.8 Å². The first-order chi connectivity index (χ1) is 5.85. The summed E-state index contributed by atoms with van der Waals surface area (Å²) in [6, 6.07) is 0.633. The molecule has 4 nitrogen and oxygen atoms in total. The summed E-state index contributed by atoms with van der Waals surface area (Å²) in [5.41, 5.74) is 0. The quantitative estimate of drug-likeness (QED) is 0.355. The number of aliphatic imine (C=N–C) groups is 1. The maximum absolute atomic E-state index is 4.99. The van der Waals surface area contributed by atoms with Gasteiger partial charge in [-0.2, -0.15) is 0 Å². The number of ether oxygens (including phenoxy) is 1. The Balaban J connectivity index is 3.48. The summed E-state index contributed by atoms with van der Waals surface area (Å²) in [5.74, 6) is 0. The van der Waals surface area contributed by atoms with E-state index in [0.29, 0.717) is 6.02 Å². The zero-order chi connectivity index (χ0) is 9.23. The smallest absolute Gasteiger partial charge is 0.284 e. The molecule has 0 aromatic carbocycles. The number of hydrogen-bond acceptors (Lipinski definition) is 3. The van der Waals surface area contributed by atoms with Crippen LogP contribution >= 0.6 is 0 Å². The first kappa shape index (κ1) is 11.2. The van der Waals surface area contributed by atoms with Crippen molar-refractivity contribution in [3.8, 4) is 0 Å². The number of hydrogen-bond donors (Lipinski definition) is 2. The van der Waals surface area contributed by atoms with Gasteiger partial charge in [0.15, 0.2) is 0 Å². The maximum atomic E-state index is 4.99. The molecule has 0 rings (SSSR count). The Morgan fingerprint density at radius 2 is 2.25 bits per heavy atom. The summed E-state index contributed by atoms with van der Waals surface area (Å²) in [6.45, 7) is 4.66. The molecule has 0 aliphatic rings. The van der Waals surface area contributed by atoms with Crippen LogP contribution in [0.15, 0.2) is 4.99 Å². The number of nitrogens with zero attached hydrogens (tertiary/aromatic N) is 1. The standard InChI is InChI=1S/C8H19N3O/c1-4-10-8(12-3)11-7-5-6-9-2/h9H,4-7H2,1-3H3,(H,10,11). The predicted molar refractivity (Wildman–Crippen MR) is 51.5 cm³/mol. The van der Waals surface area contributed by atoms with E-state index in [4.69, 9.17) is 4.74 Å². The second-order valence-corrected chi connectivity index (χ2v) is 2.38. The topological polar surface area (TPSA) is 45.7 Å². The minimum atomic E-state index is 0.633. The SMILES string of the molecule is CCN/C(=N/CCCNC)OC. The molecule has 0 aromatic rings. The van der Waals surface area contributed by atoms with E-state index in [1.165, 1.54) is 0 Å². The van der Waals surface area contributed by atoms with E-state index >= 15 is 0 Å². The van der Waals surface area contributed by atoms with E-state index in [-0.39, 0.29) is 0 Å². The van der Waals surface area contributed by atoms with Crippen molar-refractivity contribution in [1.29, 1.82) is 0 Å². The average molecular weight is 173 g/mol. The van der Waals surface area contributed by atoms with Crippen molar-refractivity contribution in [3.63, 3.8) is 0 Å². The third-order valence-electron chi connectivity index (χ3n) is 1.36. The van der Waals surface area contributed by atoms with Gasteiger partial charge in [-0.05, 0) is 26.9 Å². The highest BCUT2D eigenvalue weighted by atomic mass is 16.5. The lowest BCUT2D eigenvalue weighted by Gasteiger charge is -2.05. The fourth-order valence-electron chi connectivity index (χ4n) is 0.780. The van der Waals surface area contributed by atoms with Crippen LogP contribution in [0.2, 0.25) is 0 Å². The van der Waals surface area contributed by atoms with Gasteiger partial charge in [0.25, 0.3) is 6.02 Å². The number of methoxy groups -OCH3 is 1. The van der Waals surface area contributed by atoms with E-state index in [0.717, 1.165) is 26.1 Å². The molecule has 0 saturated heterocycles. The summed E-state index contributed by atoms with van der Waals surface area (Å²) in [7, 11) is 3.56. The average Bonchev–Trinajstić information content (AvgIpc) is 2.10. The fourth-order valence-corrected chi connectivity index (χ4v) is 0.780. The molecule has 0 aliphatic carbocycles. The summed E-state index contributed by atoms with van der Waals surface area (Å²) in [5, 5.41) is 6.08. The molecule has 0 aliphatic heterocycles. The zero-order valence-corrected chi connectivity index (χ0v) is 8.18. The Morgan fingerprint density at radius 3 is 2.75 bits per heavy atom. The molecule has 0 spiro atoms. The zero-order valence-electron chi connectivity index (χ0n) is 8.18. The van der Waals surface area contributed by atoms with Gasteiger partial charge >= 0.3 is 0 Å². The van der Waals surface area contributed by atoms with Crippen molar-refractivity contribution >= 4 is 6.02 Å². The largest absolute Gasteiger partial charge is 0.469 e. The van der Waals surface area contributed by atoms with Crippen LogP contribution in [0.4, 0.5) is 0 Å². The number of nitrogens with one attached hydrogen (secondary N) is 2. The molecule has 12 heavy (non-hydrogen) atoms. The molecule has 0 atom stereocenters. The first-order valence-electron chi connectivity index (χ1n) is 4.32. The Labute approximate surface area is 74.4 Å². The van der Waals surface area contributed by atoms with Crippen LogP contribution in [0.3, 0.4) is 0 Å². The lowest BCUT2D eigenvalue weighted by molar-refractivity contribution is 0.379. The van der Waals surface area contributed by atoms with Crippen LogP contribution in [0, 0.1) is 0 Å². The van der Waals surface area contributed by atoms with E-state index in [1.807, 2.05) is 14.0 Å². The third-order valence-corrected chi connectivity index (χ3v) is 1.36. The molecule has 0 unspecified atom stereocenters. The molecule has 0 fully saturated rings. The van der Waals surface area contributed by atoms with Crippen molar-refractivity contribution in [2.75, 3.05) is 33.8 Å². The summed E-state index contributed by atoms with van der Waals surface area (Å²) < 4.78 is 4.99. The normalized spacial score (nSPS) is 11.4. The van der Waals surface area contributed by atoms with Gasteiger partial charge in [0.05, 0.1) is 7.11 Å². The van der Waals surface area contributed by atoms with E-state index in [2.05, 4.69) is 15.6 Å². The van der Waals surface area contributed by atoms with Crippen molar-refractivity contribution in [3.05, 3.63) is 0 Å². The van der Waals surface area contributed by atoms with Gasteiger partial charge in [0.1, 0.15) is 0 Å². The molecular weight excluding hydrogens is 154 g/mol. The monoisotopic (exact) mass is 173 g/mol. The van der Waals surface area contributed by atoms with Crippen LogP contribution in [0.25, 0.3) is 0 Å². The van der Waals surface area contributed by atoms with Gasteiger partial charge in [-0.15, -0.1) is 0 Å². The molecule has 2 N–H and O–H groups in total. The lowest BCUT2D eigenvalue weighted by Crippen LogP contribution is -2.25. The van der Waals surface area contributed by atoms with E-state index in [9.17, 15) is 0 Å². The Bertz CT molecular complexity index is 125. The molecule has 0 saturated carbocycles.